The number of carbonyl (C=O) groups excluding carboxylic acids is 1. The third kappa shape index (κ3) is 4.42. The van der Waals surface area contributed by atoms with Crippen LogP contribution in [-0.2, 0) is 20.0 Å². The summed E-state index contributed by atoms with van der Waals surface area (Å²) in [6, 6.07) is 5.45. The number of aromatic nitrogens is 2. The van der Waals surface area contributed by atoms with E-state index < -0.39 is 9.84 Å². The predicted molar refractivity (Wildman–Crippen MR) is 105 cm³/mol. The maximum absolute atomic E-state index is 12.3. The van der Waals surface area contributed by atoms with Gasteiger partial charge in [0.1, 0.15) is 5.82 Å². The van der Waals surface area contributed by atoms with Crippen molar-refractivity contribution in [2.24, 2.45) is 0 Å². The van der Waals surface area contributed by atoms with Crippen LogP contribution in [0.1, 0.15) is 43.8 Å². The van der Waals surface area contributed by atoms with Crippen molar-refractivity contribution in [3.63, 3.8) is 0 Å². The Morgan fingerprint density at radius 2 is 2.19 bits per heavy atom. The minimum atomic E-state index is -3.04. The van der Waals surface area contributed by atoms with E-state index in [-0.39, 0.29) is 28.9 Å². The SMILES string of the molecule is CC(C)(C)c1cc(NC(=O)/C=C/c2cccs2)n([C@@H]2CCS(=O)(=O)C2)n1. The molecule has 26 heavy (non-hydrogen) atoms. The molecular formula is C18H23N3O3S2. The van der Waals surface area contributed by atoms with Crippen LogP contribution >= 0.6 is 11.3 Å². The molecule has 6 nitrogen and oxygen atoms in total. The van der Waals surface area contributed by atoms with Crippen LogP contribution < -0.4 is 5.32 Å². The zero-order valence-corrected chi connectivity index (χ0v) is 16.7. The van der Waals surface area contributed by atoms with E-state index in [1.165, 1.54) is 6.08 Å². The summed E-state index contributed by atoms with van der Waals surface area (Å²) in [5.74, 6) is 0.499. The number of anilines is 1. The maximum atomic E-state index is 12.3. The molecule has 1 aliphatic rings. The van der Waals surface area contributed by atoms with Crippen LogP contribution in [0.4, 0.5) is 5.82 Å². The maximum Gasteiger partial charge on any atom is 0.249 e. The van der Waals surface area contributed by atoms with Crippen molar-refractivity contribution in [2.75, 3.05) is 16.8 Å². The number of nitrogens with zero attached hydrogens (tertiary/aromatic N) is 2. The second kappa shape index (κ2) is 7.00. The smallest absolute Gasteiger partial charge is 0.249 e. The van der Waals surface area contributed by atoms with Crippen molar-refractivity contribution in [3.8, 4) is 0 Å². The van der Waals surface area contributed by atoms with Gasteiger partial charge >= 0.3 is 0 Å². The highest BCUT2D eigenvalue weighted by atomic mass is 32.2. The molecule has 3 heterocycles. The fourth-order valence-electron chi connectivity index (χ4n) is 2.81. The molecule has 140 valence electrons. The lowest BCUT2D eigenvalue weighted by atomic mass is 9.92. The van der Waals surface area contributed by atoms with Gasteiger partial charge < -0.3 is 5.32 Å². The molecule has 0 bridgehead atoms. The van der Waals surface area contributed by atoms with E-state index in [0.29, 0.717) is 12.2 Å². The number of hydrogen-bond donors (Lipinski definition) is 1. The van der Waals surface area contributed by atoms with Gasteiger partial charge in [-0.3, -0.25) is 4.79 Å². The number of hydrogen-bond acceptors (Lipinski definition) is 5. The van der Waals surface area contributed by atoms with Gasteiger partial charge in [-0.25, -0.2) is 13.1 Å². The van der Waals surface area contributed by atoms with Crippen LogP contribution in [0.5, 0.6) is 0 Å². The van der Waals surface area contributed by atoms with E-state index in [0.717, 1.165) is 10.6 Å². The quantitative estimate of drug-likeness (QED) is 0.809. The highest BCUT2D eigenvalue weighted by molar-refractivity contribution is 7.91. The Bertz CT molecular complexity index is 920. The molecule has 2 aromatic heterocycles. The summed E-state index contributed by atoms with van der Waals surface area (Å²) in [6.45, 7) is 6.11. The van der Waals surface area contributed by atoms with Crippen LogP contribution in [0.3, 0.4) is 0 Å². The number of carbonyl (C=O) groups is 1. The van der Waals surface area contributed by atoms with E-state index >= 15 is 0 Å². The largest absolute Gasteiger partial charge is 0.307 e. The molecule has 1 fully saturated rings. The third-order valence-corrected chi connectivity index (χ3v) is 6.84. The average molecular weight is 394 g/mol. The molecule has 1 atom stereocenters. The summed E-state index contributed by atoms with van der Waals surface area (Å²) in [5, 5.41) is 9.41. The minimum Gasteiger partial charge on any atom is -0.307 e. The monoisotopic (exact) mass is 393 g/mol. The molecule has 1 aliphatic heterocycles. The van der Waals surface area contributed by atoms with Crippen LogP contribution in [0, 0.1) is 0 Å². The molecule has 1 N–H and O–H groups in total. The molecule has 0 saturated carbocycles. The second-order valence-corrected chi connectivity index (χ2v) is 10.7. The van der Waals surface area contributed by atoms with Gasteiger partial charge in [0.05, 0.1) is 23.2 Å². The summed E-state index contributed by atoms with van der Waals surface area (Å²) >= 11 is 1.55. The van der Waals surface area contributed by atoms with Gasteiger partial charge in [0, 0.05) is 22.4 Å². The molecule has 0 spiro atoms. The Morgan fingerprint density at radius 3 is 2.77 bits per heavy atom. The first-order chi connectivity index (χ1) is 12.1. The molecule has 0 aromatic carbocycles. The third-order valence-electron chi connectivity index (χ3n) is 4.25. The standard InChI is InChI=1S/C18H23N3O3S2/c1-18(2,3)15-11-16(19-17(22)7-6-14-5-4-9-25-14)21(20-15)13-8-10-26(23,24)12-13/h4-7,9,11,13H,8,10,12H2,1-3H3,(H,19,22)/b7-6+/t13-/m1/s1. The first-order valence-electron chi connectivity index (χ1n) is 8.47. The second-order valence-electron chi connectivity index (χ2n) is 7.50. The number of nitrogens with one attached hydrogen (secondary N) is 1. The Morgan fingerprint density at radius 1 is 1.42 bits per heavy atom. The molecule has 2 aromatic rings. The number of amides is 1. The molecule has 3 rings (SSSR count). The molecule has 1 saturated heterocycles. The van der Waals surface area contributed by atoms with Gasteiger partial charge in [0.2, 0.25) is 5.91 Å². The van der Waals surface area contributed by atoms with Crippen molar-refractivity contribution in [1.29, 1.82) is 0 Å². The van der Waals surface area contributed by atoms with Gasteiger partial charge in [0.15, 0.2) is 9.84 Å². The fraction of sp³-hybridized carbons (Fsp3) is 0.444. The van der Waals surface area contributed by atoms with Gasteiger partial charge in [-0.15, -0.1) is 11.3 Å². The normalized spacial score (nSPS) is 19.9. The predicted octanol–water partition coefficient (Wildman–Crippen LogP) is 3.25. The Labute approximate surface area is 157 Å². The first-order valence-corrected chi connectivity index (χ1v) is 11.2. The summed E-state index contributed by atoms with van der Waals surface area (Å²) in [7, 11) is -3.04. The summed E-state index contributed by atoms with van der Waals surface area (Å²) < 4.78 is 25.4. The van der Waals surface area contributed by atoms with Crippen molar-refractivity contribution < 1.29 is 13.2 Å². The summed E-state index contributed by atoms with van der Waals surface area (Å²) in [4.78, 5) is 13.3. The Balaban J connectivity index is 1.85. The van der Waals surface area contributed by atoms with E-state index in [1.54, 1.807) is 22.1 Å². The number of thiophene rings is 1. The van der Waals surface area contributed by atoms with Gasteiger partial charge in [-0.1, -0.05) is 26.8 Å². The van der Waals surface area contributed by atoms with Crippen LogP contribution in [0.2, 0.25) is 0 Å². The van der Waals surface area contributed by atoms with Crippen molar-refractivity contribution in [2.45, 2.75) is 38.6 Å². The lowest BCUT2D eigenvalue weighted by molar-refractivity contribution is -0.111. The van der Waals surface area contributed by atoms with Crippen LogP contribution in [-0.4, -0.2) is 35.6 Å². The highest BCUT2D eigenvalue weighted by Crippen LogP contribution is 2.30. The van der Waals surface area contributed by atoms with Crippen molar-refractivity contribution >= 4 is 39.0 Å². The van der Waals surface area contributed by atoms with E-state index in [2.05, 4.69) is 10.4 Å². The highest BCUT2D eigenvalue weighted by Gasteiger charge is 2.32. The molecule has 1 amide bonds. The summed E-state index contributed by atoms with van der Waals surface area (Å²) in [5.41, 5.74) is 0.619. The topological polar surface area (TPSA) is 81.1 Å². The lowest BCUT2D eigenvalue weighted by Crippen LogP contribution is -2.19. The molecule has 8 heteroatoms. The Hall–Kier alpha value is -1.93. The average Bonchev–Trinajstić information content (AvgIpc) is 3.24. The number of sulfone groups is 1. The Kier molecular flexibility index (Phi) is 5.07. The van der Waals surface area contributed by atoms with E-state index in [1.807, 2.05) is 44.4 Å². The lowest BCUT2D eigenvalue weighted by Gasteiger charge is -2.15. The zero-order chi connectivity index (χ0) is 18.9. The van der Waals surface area contributed by atoms with Crippen molar-refractivity contribution in [3.05, 3.63) is 40.2 Å². The summed E-state index contributed by atoms with van der Waals surface area (Å²) in [6.07, 6.45) is 3.75. The van der Waals surface area contributed by atoms with Gasteiger partial charge in [0.25, 0.3) is 0 Å². The van der Waals surface area contributed by atoms with E-state index in [9.17, 15) is 13.2 Å². The molecular weight excluding hydrogens is 370 g/mol. The van der Waals surface area contributed by atoms with Crippen LogP contribution in [0.15, 0.2) is 29.7 Å². The zero-order valence-electron chi connectivity index (χ0n) is 15.1. The van der Waals surface area contributed by atoms with E-state index in [4.69, 9.17) is 0 Å². The fourth-order valence-corrected chi connectivity index (χ4v) is 5.12. The van der Waals surface area contributed by atoms with Gasteiger partial charge in [-0.05, 0) is 23.9 Å². The molecule has 0 aliphatic carbocycles. The number of rotatable bonds is 4. The minimum absolute atomic E-state index is 0.0617. The van der Waals surface area contributed by atoms with Crippen molar-refractivity contribution in [1.82, 2.24) is 9.78 Å². The first kappa shape index (κ1) is 18.8. The molecule has 0 unspecified atom stereocenters. The van der Waals surface area contributed by atoms with Crippen LogP contribution in [0.25, 0.3) is 6.08 Å². The molecule has 0 radical (unpaired) electrons. The van der Waals surface area contributed by atoms with Gasteiger partial charge in [-0.2, -0.15) is 5.10 Å².